The van der Waals surface area contributed by atoms with Gasteiger partial charge in [0.15, 0.2) is 0 Å². The SMILES string of the molecule is CC(Br)[C@H](C)NC(=O)OC(C)(C)C. The third-order valence-corrected chi connectivity index (χ3v) is 2.23. The Morgan fingerprint density at radius 3 is 2.15 bits per heavy atom. The van der Waals surface area contributed by atoms with E-state index in [1.54, 1.807) is 0 Å². The van der Waals surface area contributed by atoms with Crippen molar-refractivity contribution in [2.45, 2.75) is 51.1 Å². The Hall–Kier alpha value is -0.250. The average molecular weight is 252 g/mol. The number of hydrogen-bond acceptors (Lipinski definition) is 2. The zero-order valence-corrected chi connectivity index (χ0v) is 10.4. The number of amides is 1. The molecule has 0 aliphatic carbocycles. The Labute approximate surface area is 88.4 Å². The van der Waals surface area contributed by atoms with Crippen molar-refractivity contribution in [1.82, 2.24) is 5.32 Å². The summed E-state index contributed by atoms with van der Waals surface area (Å²) >= 11 is 3.38. The van der Waals surface area contributed by atoms with E-state index in [2.05, 4.69) is 21.2 Å². The number of carbonyl (C=O) groups is 1. The van der Waals surface area contributed by atoms with Crippen molar-refractivity contribution in [1.29, 1.82) is 0 Å². The lowest BCUT2D eigenvalue weighted by molar-refractivity contribution is 0.0509. The number of alkyl carbamates (subject to hydrolysis) is 1. The molecule has 2 atom stereocenters. The van der Waals surface area contributed by atoms with Crippen molar-refractivity contribution in [2.75, 3.05) is 0 Å². The molecule has 0 spiro atoms. The second kappa shape index (κ2) is 4.84. The van der Waals surface area contributed by atoms with Gasteiger partial charge in [0.2, 0.25) is 0 Å². The van der Waals surface area contributed by atoms with Crippen LogP contribution in [0.5, 0.6) is 0 Å². The Kier molecular flexibility index (Phi) is 4.75. The minimum Gasteiger partial charge on any atom is -0.444 e. The summed E-state index contributed by atoms with van der Waals surface area (Å²) in [6.45, 7) is 9.42. The van der Waals surface area contributed by atoms with Crippen molar-refractivity contribution < 1.29 is 9.53 Å². The summed E-state index contributed by atoms with van der Waals surface area (Å²) in [5.41, 5.74) is -0.431. The molecule has 0 radical (unpaired) electrons. The predicted molar refractivity (Wildman–Crippen MR) is 57.2 cm³/mol. The molecule has 0 heterocycles. The Morgan fingerprint density at radius 1 is 1.38 bits per heavy atom. The Morgan fingerprint density at radius 2 is 1.85 bits per heavy atom. The van der Waals surface area contributed by atoms with Gasteiger partial charge in [0.05, 0.1) is 0 Å². The molecule has 0 aliphatic rings. The summed E-state index contributed by atoms with van der Waals surface area (Å²) in [5.74, 6) is 0. The second-order valence-electron chi connectivity index (χ2n) is 4.11. The first-order valence-electron chi connectivity index (χ1n) is 4.36. The van der Waals surface area contributed by atoms with Crippen LogP contribution in [0.1, 0.15) is 34.6 Å². The molecule has 0 aromatic rings. The van der Waals surface area contributed by atoms with Crippen molar-refractivity contribution >= 4 is 22.0 Å². The maximum atomic E-state index is 11.2. The van der Waals surface area contributed by atoms with E-state index in [9.17, 15) is 4.79 Å². The van der Waals surface area contributed by atoms with Crippen LogP contribution in [0, 0.1) is 0 Å². The van der Waals surface area contributed by atoms with Crippen LogP contribution in [0.15, 0.2) is 0 Å². The lowest BCUT2D eigenvalue weighted by atomic mass is 10.2. The number of carbonyl (C=O) groups excluding carboxylic acids is 1. The molecule has 1 amide bonds. The van der Waals surface area contributed by atoms with Gasteiger partial charge in [-0.15, -0.1) is 0 Å². The van der Waals surface area contributed by atoms with Crippen LogP contribution in [-0.4, -0.2) is 22.6 Å². The lowest BCUT2D eigenvalue weighted by Crippen LogP contribution is -2.40. The minimum atomic E-state index is -0.431. The van der Waals surface area contributed by atoms with Gasteiger partial charge in [0, 0.05) is 10.9 Å². The maximum Gasteiger partial charge on any atom is 0.407 e. The van der Waals surface area contributed by atoms with Gasteiger partial charge in [-0.2, -0.15) is 0 Å². The van der Waals surface area contributed by atoms with E-state index in [-0.39, 0.29) is 17.0 Å². The minimum absolute atomic E-state index is 0.0647. The highest BCUT2D eigenvalue weighted by Gasteiger charge is 2.18. The van der Waals surface area contributed by atoms with Crippen molar-refractivity contribution in [3.8, 4) is 0 Å². The molecule has 0 aromatic carbocycles. The van der Waals surface area contributed by atoms with Crippen LogP contribution in [-0.2, 0) is 4.74 Å². The first kappa shape index (κ1) is 12.8. The highest BCUT2D eigenvalue weighted by atomic mass is 79.9. The molecule has 0 saturated heterocycles. The molecule has 1 N–H and O–H groups in total. The molecule has 3 nitrogen and oxygen atoms in total. The van der Waals surface area contributed by atoms with E-state index in [0.29, 0.717) is 0 Å². The summed E-state index contributed by atoms with van der Waals surface area (Å²) in [6.07, 6.45) is -0.369. The molecule has 0 saturated carbocycles. The van der Waals surface area contributed by atoms with Gasteiger partial charge >= 0.3 is 6.09 Å². The van der Waals surface area contributed by atoms with E-state index in [1.807, 2.05) is 34.6 Å². The molecule has 1 unspecified atom stereocenters. The highest BCUT2D eigenvalue weighted by molar-refractivity contribution is 9.09. The number of hydrogen-bond donors (Lipinski definition) is 1. The fraction of sp³-hybridized carbons (Fsp3) is 0.889. The van der Waals surface area contributed by atoms with E-state index >= 15 is 0 Å². The number of alkyl halides is 1. The summed E-state index contributed by atoms with van der Waals surface area (Å²) in [4.78, 5) is 11.5. The van der Waals surface area contributed by atoms with Crippen LogP contribution in [0.2, 0.25) is 0 Å². The maximum absolute atomic E-state index is 11.2. The molecule has 0 fully saturated rings. The third kappa shape index (κ3) is 6.87. The second-order valence-corrected chi connectivity index (χ2v) is 5.56. The zero-order valence-electron chi connectivity index (χ0n) is 8.85. The topological polar surface area (TPSA) is 38.3 Å². The van der Waals surface area contributed by atoms with Crippen molar-refractivity contribution in [2.24, 2.45) is 0 Å². The molecular weight excluding hydrogens is 234 g/mol. The smallest absolute Gasteiger partial charge is 0.407 e. The van der Waals surface area contributed by atoms with Crippen LogP contribution in [0.25, 0.3) is 0 Å². The Balaban J connectivity index is 3.89. The predicted octanol–water partition coefficient (Wildman–Crippen LogP) is 2.68. The van der Waals surface area contributed by atoms with E-state index in [1.165, 1.54) is 0 Å². The monoisotopic (exact) mass is 251 g/mol. The summed E-state index contributed by atoms with van der Waals surface area (Å²) in [6, 6.07) is 0.0647. The standard InChI is InChI=1S/C9H18BrNO2/c1-6(10)7(2)11-8(12)13-9(3,4)5/h6-7H,1-5H3,(H,11,12)/t6?,7-/m0/s1. The molecule has 0 bridgehead atoms. The van der Waals surface area contributed by atoms with E-state index in [4.69, 9.17) is 4.74 Å². The van der Waals surface area contributed by atoms with Gasteiger partial charge < -0.3 is 10.1 Å². The van der Waals surface area contributed by atoms with Gasteiger partial charge in [0.1, 0.15) is 5.60 Å². The first-order chi connectivity index (χ1) is 5.72. The third-order valence-electron chi connectivity index (χ3n) is 1.43. The van der Waals surface area contributed by atoms with Gasteiger partial charge in [-0.1, -0.05) is 22.9 Å². The van der Waals surface area contributed by atoms with Gasteiger partial charge in [0.25, 0.3) is 0 Å². The fourth-order valence-electron chi connectivity index (χ4n) is 0.608. The fourth-order valence-corrected chi connectivity index (χ4v) is 0.740. The number of rotatable bonds is 2. The highest BCUT2D eigenvalue weighted by Crippen LogP contribution is 2.08. The number of nitrogens with one attached hydrogen (secondary N) is 1. The largest absolute Gasteiger partial charge is 0.444 e. The number of ether oxygens (including phenoxy) is 1. The molecule has 0 rings (SSSR count). The molecular formula is C9H18BrNO2. The average Bonchev–Trinajstić information content (AvgIpc) is 1.81. The molecule has 4 heteroatoms. The Bertz CT molecular complexity index is 175. The van der Waals surface area contributed by atoms with Gasteiger partial charge in [-0.3, -0.25) is 0 Å². The van der Waals surface area contributed by atoms with Crippen LogP contribution in [0.4, 0.5) is 4.79 Å². The summed E-state index contributed by atoms with van der Waals surface area (Å²) in [5, 5.41) is 2.73. The van der Waals surface area contributed by atoms with Crippen LogP contribution >= 0.6 is 15.9 Å². The lowest BCUT2D eigenvalue weighted by Gasteiger charge is -2.22. The molecule has 0 aromatic heterocycles. The van der Waals surface area contributed by atoms with Crippen molar-refractivity contribution in [3.05, 3.63) is 0 Å². The quantitative estimate of drug-likeness (QED) is 0.767. The first-order valence-corrected chi connectivity index (χ1v) is 5.27. The molecule has 0 aliphatic heterocycles. The van der Waals surface area contributed by atoms with Crippen LogP contribution < -0.4 is 5.32 Å². The molecule has 13 heavy (non-hydrogen) atoms. The van der Waals surface area contributed by atoms with E-state index in [0.717, 1.165) is 0 Å². The van der Waals surface area contributed by atoms with Crippen LogP contribution in [0.3, 0.4) is 0 Å². The summed E-state index contributed by atoms with van der Waals surface area (Å²) < 4.78 is 5.09. The van der Waals surface area contributed by atoms with Gasteiger partial charge in [-0.05, 0) is 27.7 Å². The van der Waals surface area contributed by atoms with Gasteiger partial charge in [-0.25, -0.2) is 4.79 Å². The molecule has 78 valence electrons. The van der Waals surface area contributed by atoms with Crippen molar-refractivity contribution in [3.63, 3.8) is 0 Å². The zero-order chi connectivity index (χ0) is 10.6. The van der Waals surface area contributed by atoms with E-state index < -0.39 is 5.60 Å². The number of halogens is 1. The summed E-state index contributed by atoms with van der Waals surface area (Å²) in [7, 11) is 0. The normalized spacial score (nSPS) is 16.2.